The van der Waals surface area contributed by atoms with Crippen LogP contribution in [0, 0.1) is 6.92 Å². The van der Waals surface area contributed by atoms with Gasteiger partial charge in [-0.1, -0.05) is 58.9 Å². The fourth-order valence-electron chi connectivity index (χ4n) is 3.63. The Balaban J connectivity index is 1.58. The van der Waals surface area contributed by atoms with Gasteiger partial charge >= 0.3 is 0 Å². The number of hydrogen-bond acceptors (Lipinski definition) is 3. The lowest BCUT2D eigenvalue weighted by molar-refractivity contribution is 0.102. The second-order valence-corrected chi connectivity index (χ2v) is 9.67. The second kappa shape index (κ2) is 8.23. The summed E-state index contributed by atoms with van der Waals surface area (Å²) in [5, 5.41) is 12.3. The topological polar surface area (TPSA) is 59.8 Å². The molecule has 0 radical (unpaired) electrons. The Morgan fingerprint density at radius 3 is 2.06 bits per heavy atom. The molecule has 164 valence electrons. The minimum Gasteiger partial charge on any atom is -0.322 e. The van der Waals surface area contributed by atoms with Crippen molar-refractivity contribution in [3.63, 3.8) is 0 Å². The molecule has 0 fully saturated rings. The van der Waals surface area contributed by atoms with Gasteiger partial charge in [0.15, 0.2) is 0 Å². The van der Waals surface area contributed by atoms with E-state index in [1.54, 1.807) is 4.80 Å². The maximum absolute atomic E-state index is 12.8. The van der Waals surface area contributed by atoms with E-state index in [4.69, 9.17) is 0 Å². The minimum atomic E-state index is -0.135. The zero-order valence-corrected chi connectivity index (χ0v) is 19.6. The molecule has 1 heterocycles. The molecule has 0 saturated carbocycles. The number of carbonyl (C=O) groups excluding carboxylic acids is 1. The highest BCUT2D eigenvalue weighted by Gasteiger charge is 2.15. The number of hydrogen-bond donors (Lipinski definition) is 1. The molecule has 0 unspecified atom stereocenters. The van der Waals surface area contributed by atoms with Gasteiger partial charge in [-0.2, -0.15) is 4.80 Å². The fourth-order valence-corrected chi connectivity index (χ4v) is 3.63. The number of benzene rings is 3. The molecule has 5 nitrogen and oxygen atoms in total. The Kier molecular flexibility index (Phi) is 5.59. The van der Waals surface area contributed by atoms with Crippen molar-refractivity contribution in [1.82, 2.24) is 15.0 Å². The van der Waals surface area contributed by atoms with Crippen LogP contribution in [0.5, 0.6) is 0 Å². The molecule has 1 aromatic heterocycles. The van der Waals surface area contributed by atoms with Crippen molar-refractivity contribution in [2.75, 3.05) is 5.32 Å². The number of fused-ring (bicyclic) bond motifs is 1. The smallest absolute Gasteiger partial charge is 0.255 e. The number of anilines is 1. The van der Waals surface area contributed by atoms with Crippen LogP contribution in [-0.4, -0.2) is 20.9 Å². The first-order chi connectivity index (χ1) is 15.1. The highest BCUT2D eigenvalue weighted by Crippen LogP contribution is 2.25. The Morgan fingerprint density at radius 1 is 0.906 bits per heavy atom. The number of aryl methyl sites for hydroxylation is 1. The molecule has 5 heteroatoms. The minimum absolute atomic E-state index is 0.0531. The van der Waals surface area contributed by atoms with Crippen LogP contribution in [-0.2, 0) is 5.41 Å². The van der Waals surface area contributed by atoms with Gasteiger partial charge in [0.05, 0.1) is 5.69 Å². The highest BCUT2D eigenvalue weighted by molar-refractivity contribution is 6.05. The fraction of sp³-hybridized carbons (Fsp3) is 0.296. The molecule has 1 amide bonds. The number of amides is 1. The molecule has 0 aliphatic rings. The number of rotatable bonds is 4. The van der Waals surface area contributed by atoms with Crippen molar-refractivity contribution in [3.8, 4) is 5.69 Å². The maximum atomic E-state index is 12.8. The predicted molar refractivity (Wildman–Crippen MR) is 131 cm³/mol. The average molecular weight is 427 g/mol. The standard InChI is InChI=1S/C27H30N4O/c1-17(2)19-9-13-22(14-10-19)31-29-24-15-18(3)23(16-25(24)30-31)28-26(32)20-7-11-21(12-8-20)27(4,5)6/h7-17H,1-6H3,(H,28,32). The number of nitrogens with one attached hydrogen (secondary N) is 1. The van der Waals surface area contributed by atoms with Gasteiger partial charge in [0, 0.05) is 11.3 Å². The molecule has 0 bridgehead atoms. The monoisotopic (exact) mass is 426 g/mol. The Hall–Kier alpha value is -3.47. The summed E-state index contributed by atoms with van der Waals surface area (Å²) >= 11 is 0. The van der Waals surface area contributed by atoms with Crippen molar-refractivity contribution in [2.24, 2.45) is 0 Å². The zero-order chi connectivity index (χ0) is 23.0. The van der Waals surface area contributed by atoms with Gasteiger partial charge in [-0.05, 0) is 71.3 Å². The maximum Gasteiger partial charge on any atom is 0.255 e. The molecular formula is C27H30N4O. The summed E-state index contributed by atoms with van der Waals surface area (Å²) in [7, 11) is 0. The Labute approximate surface area is 189 Å². The van der Waals surface area contributed by atoms with Crippen LogP contribution in [0.1, 0.15) is 67.6 Å². The second-order valence-electron chi connectivity index (χ2n) is 9.67. The predicted octanol–water partition coefficient (Wildman–Crippen LogP) is 6.40. The Morgan fingerprint density at radius 2 is 1.50 bits per heavy atom. The summed E-state index contributed by atoms with van der Waals surface area (Å²) in [6.07, 6.45) is 0. The first-order valence-electron chi connectivity index (χ1n) is 11.0. The van der Waals surface area contributed by atoms with E-state index in [-0.39, 0.29) is 11.3 Å². The lowest BCUT2D eigenvalue weighted by atomic mass is 9.87. The molecule has 0 atom stereocenters. The summed E-state index contributed by atoms with van der Waals surface area (Å²) in [5.41, 5.74) is 7.29. The molecule has 0 saturated heterocycles. The van der Waals surface area contributed by atoms with E-state index in [2.05, 4.69) is 62.3 Å². The van der Waals surface area contributed by atoms with Crippen LogP contribution in [0.3, 0.4) is 0 Å². The molecule has 0 spiro atoms. The largest absolute Gasteiger partial charge is 0.322 e. The summed E-state index contributed by atoms with van der Waals surface area (Å²) in [4.78, 5) is 14.5. The number of carbonyl (C=O) groups is 1. The van der Waals surface area contributed by atoms with E-state index in [0.717, 1.165) is 28.0 Å². The van der Waals surface area contributed by atoms with Crippen molar-refractivity contribution < 1.29 is 4.79 Å². The lowest BCUT2D eigenvalue weighted by Crippen LogP contribution is -2.14. The SMILES string of the molecule is Cc1cc2nn(-c3ccc(C(C)C)cc3)nc2cc1NC(=O)c1ccc(C(C)(C)C)cc1. The van der Waals surface area contributed by atoms with Crippen molar-refractivity contribution in [1.29, 1.82) is 0 Å². The van der Waals surface area contributed by atoms with Gasteiger partial charge in [-0.3, -0.25) is 4.79 Å². The van der Waals surface area contributed by atoms with E-state index < -0.39 is 0 Å². The van der Waals surface area contributed by atoms with Crippen LogP contribution in [0.4, 0.5) is 5.69 Å². The van der Waals surface area contributed by atoms with Crippen molar-refractivity contribution >= 4 is 22.6 Å². The van der Waals surface area contributed by atoms with Crippen LogP contribution in [0.15, 0.2) is 60.7 Å². The molecule has 1 N–H and O–H groups in total. The quantitative estimate of drug-likeness (QED) is 0.411. The van der Waals surface area contributed by atoms with Gasteiger partial charge < -0.3 is 5.32 Å². The van der Waals surface area contributed by atoms with Crippen molar-refractivity contribution in [2.45, 2.75) is 52.9 Å². The van der Waals surface area contributed by atoms with Crippen LogP contribution >= 0.6 is 0 Å². The molecule has 4 aromatic rings. The van der Waals surface area contributed by atoms with Gasteiger partial charge in [0.1, 0.15) is 11.0 Å². The summed E-state index contributed by atoms with van der Waals surface area (Å²) in [6, 6.07) is 19.9. The molecule has 0 aliphatic heterocycles. The summed E-state index contributed by atoms with van der Waals surface area (Å²) in [5.74, 6) is 0.344. The molecule has 32 heavy (non-hydrogen) atoms. The van der Waals surface area contributed by atoms with Gasteiger partial charge in [-0.25, -0.2) is 0 Å². The van der Waals surface area contributed by atoms with Crippen molar-refractivity contribution in [3.05, 3.63) is 82.9 Å². The molecular weight excluding hydrogens is 396 g/mol. The lowest BCUT2D eigenvalue weighted by Gasteiger charge is -2.19. The van der Waals surface area contributed by atoms with Crippen LogP contribution in [0.2, 0.25) is 0 Å². The average Bonchev–Trinajstić information content (AvgIpc) is 3.16. The number of aromatic nitrogens is 3. The molecule has 3 aromatic carbocycles. The van der Waals surface area contributed by atoms with Gasteiger partial charge in [0.2, 0.25) is 0 Å². The third kappa shape index (κ3) is 4.42. The third-order valence-corrected chi connectivity index (χ3v) is 5.78. The van der Waals surface area contributed by atoms with E-state index in [0.29, 0.717) is 11.5 Å². The van der Waals surface area contributed by atoms with Gasteiger partial charge in [-0.15, -0.1) is 10.2 Å². The normalized spacial score (nSPS) is 11.8. The molecule has 0 aliphatic carbocycles. The zero-order valence-electron chi connectivity index (χ0n) is 19.6. The summed E-state index contributed by atoms with van der Waals surface area (Å²) in [6.45, 7) is 12.8. The van der Waals surface area contributed by atoms with Crippen LogP contribution < -0.4 is 5.32 Å². The van der Waals surface area contributed by atoms with E-state index in [1.165, 1.54) is 11.1 Å². The van der Waals surface area contributed by atoms with E-state index >= 15 is 0 Å². The van der Waals surface area contributed by atoms with Crippen LogP contribution in [0.25, 0.3) is 16.7 Å². The highest BCUT2D eigenvalue weighted by atomic mass is 16.1. The van der Waals surface area contributed by atoms with E-state index in [9.17, 15) is 4.79 Å². The van der Waals surface area contributed by atoms with Gasteiger partial charge in [0.25, 0.3) is 5.91 Å². The first kappa shape index (κ1) is 21.8. The third-order valence-electron chi connectivity index (χ3n) is 5.78. The Bertz CT molecular complexity index is 1260. The number of nitrogens with zero attached hydrogens (tertiary/aromatic N) is 3. The summed E-state index contributed by atoms with van der Waals surface area (Å²) < 4.78 is 0. The van der Waals surface area contributed by atoms with E-state index in [1.807, 2.05) is 55.5 Å². The first-order valence-corrected chi connectivity index (χ1v) is 11.0. The molecule has 4 rings (SSSR count).